The van der Waals surface area contributed by atoms with Gasteiger partial charge < -0.3 is 0 Å². The number of benzene rings is 1. The molecule has 1 heterocycles. The predicted molar refractivity (Wildman–Crippen MR) is 167 cm³/mol. The summed E-state index contributed by atoms with van der Waals surface area (Å²) in [5, 5.41) is 1.55. The van der Waals surface area contributed by atoms with E-state index in [9.17, 15) is 0 Å². The molecule has 0 radical (unpaired) electrons. The summed E-state index contributed by atoms with van der Waals surface area (Å²) in [6.45, 7) is 0. The van der Waals surface area contributed by atoms with Gasteiger partial charge in [-0.25, -0.2) is 0 Å². The van der Waals surface area contributed by atoms with Crippen molar-refractivity contribution in [1.82, 2.24) is 0 Å². The van der Waals surface area contributed by atoms with E-state index >= 15 is 0 Å². The van der Waals surface area contributed by atoms with Crippen molar-refractivity contribution in [1.29, 1.82) is 0 Å². The Balaban J connectivity index is 1.18. The average Bonchev–Trinajstić information content (AvgIpc) is 3.39. The standard InChI is InChI=1S/C38H48S/c1-3-12-25(13-4-1)36-29-16-7-8-17-30(29)37(26-14-5-2-6-15-26)33-24-27(22-23-31(33)36)28-19-11-21-35-38(28)32-18-9-10-20-34(32)39-35/h2,5-6,9-11,14-15,18-20,25,27-30,32-35,37-38H,1,3-4,7-8,12-13,16-17,21-24H2. The number of rotatable bonds is 3. The summed E-state index contributed by atoms with van der Waals surface area (Å²) < 4.78 is 0. The fourth-order valence-corrected chi connectivity index (χ4v) is 12.9. The molecule has 0 spiro atoms. The van der Waals surface area contributed by atoms with E-state index in [1.165, 1.54) is 83.5 Å². The topological polar surface area (TPSA) is 0 Å². The minimum absolute atomic E-state index is 0.721. The largest absolute Gasteiger partial charge is 0.150 e. The van der Waals surface area contributed by atoms with Crippen molar-refractivity contribution >= 4 is 11.8 Å². The molecule has 4 fully saturated rings. The van der Waals surface area contributed by atoms with Gasteiger partial charge in [-0.1, -0.05) is 110 Å². The number of fused-ring (bicyclic) bond motifs is 5. The molecule has 3 saturated carbocycles. The van der Waals surface area contributed by atoms with Crippen LogP contribution in [0.4, 0.5) is 0 Å². The summed E-state index contributed by atoms with van der Waals surface area (Å²) in [4.78, 5) is 0. The summed E-state index contributed by atoms with van der Waals surface area (Å²) in [6, 6.07) is 11.9. The molecule has 1 saturated heterocycles. The summed E-state index contributed by atoms with van der Waals surface area (Å²) in [7, 11) is 0. The van der Waals surface area contributed by atoms with Gasteiger partial charge in [-0.05, 0) is 110 Å². The first-order valence-corrected chi connectivity index (χ1v) is 17.8. The second-order valence-corrected chi connectivity index (χ2v) is 15.7. The monoisotopic (exact) mass is 536 g/mol. The van der Waals surface area contributed by atoms with Crippen molar-refractivity contribution in [3.8, 4) is 0 Å². The van der Waals surface area contributed by atoms with Crippen molar-refractivity contribution in [3.05, 3.63) is 83.5 Å². The first-order valence-electron chi connectivity index (χ1n) is 16.8. The predicted octanol–water partition coefficient (Wildman–Crippen LogP) is 10.3. The zero-order chi connectivity index (χ0) is 25.8. The van der Waals surface area contributed by atoms with Crippen LogP contribution in [0.5, 0.6) is 0 Å². The number of thioether (sulfide) groups is 1. The molecule has 1 aromatic carbocycles. The van der Waals surface area contributed by atoms with Crippen LogP contribution < -0.4 is 0 Å². The third-order valence-electron chi connectivity index (χ3n) is 12.5. The Hall–Kier alpha value is -1.47. The van der Waals surface area contributed by atoms with Gasteiger partial charge in [0.05, 0.1) is 0 Å². The summed E-state index contributed by atoms with van der Waals surface area (Å²) in [5.74, 6) is 7.49. The molecule has 0 aromatic heterocycles. The van der Waals surface area contributed by atoms with Crippen molar-refractivity contribution < 1.29 is 0 Å². The molecule has 0 nitrogen and oxygen atoms in total. The van der Waals surface area contributed by atoms with Gasteiger partial charge in [-0.2, -0.15) is 0 Å². The molecule has 0 bridgehead atoms. The number of hydrogen-bond donors (Lipinski definition) is 0. The molecule has 7 aliphatic rings. The van der Waals surface area contributed by atoms with E-state index in [4.69, 9.17) is 0 Å². The van der Waals surface area contributed by atoms with Crippen LogP contribution in [-0.2, 0) is 0 Å². The molecular formula is C38H48S. The second-order valence-electron chi connectivity index (χ2n) is 14.3. The van der Waals surface area contributed by atoms with E-state index in [-0.39, 0.29) is 0 Å². The Morgan fingerprint density at radius 3 is 2.44 bits per heavy atom. The highest BCUT2D eigenvalue weighted by Crippen LogP contribution is 2.62. The van der Waals surface area contributed by atoms with E-state index in [1.807, 2.05) is 5.57 Å². The molecule has 8 rings (SSSR count). The Kier molecular flexibility index (Phi) is 6.95. The van der Waals surface area contributed by atoms with Gasteiger partial charge in [0.25, 0.3) is 0 Å². The average molecular weight is 537 g/mol. The Labute approximate surface area is 241 Å². The summed E-state index contributed by atoms with van der Waals surface area (Å²) in [6.07, 6.45) is 34.0. The lowest BCUT2D eigenvalue weighted by molar-refractivity contribution is 0.106. The molecule has 10 atom stereocenters. The molecular weight excluding hydrogens is 488 g/mol. The molecule has 1 aliphatic heterocycles. The van der Waals surface area contributed by atoms with Crippen LogP contribution in [0.3, 0.4) is 0 Å². The molecule has 10 unspecified atom stereocenters. The number of allylic oxidation sites excluding steroid dienone is 7. The molecule has 206 valence electrons. The van der Waals surface area contributed by atoms with Crippen molar-refractivity contribution in [2.24, 2.45) is 47.3 Å². The van der Waals surface area contributed by atoms with E-state index < -0.39 is 0 Å². The maximum absolute atomic E-state index is 2.72. The fraction of sp³-hybridized carbons (Fsp3) is 0.632. The van der Waals surface area contributed by atoms with E-state index in [2.05, 4.69) is 84.1 Å². The van der Waals surface area contributed by atoms with Crippen LogP contribution in [-0.4, -0.2) is 10.5 Å². The Morgan fingerprint density at radius 1 is 0.718 bits per heavy atom. The zero-order valence-electron chi connectivity index (χ0n) is 23.8. The minimum atomic E-state index is 0.721. The Bertz CT molecular complexity index is 1150. The highest BCUT2D eigenvalue weighted by molar-refractivity contribution is 8.01. The first-order chi connectivity index (χ1) is 19.4. The van der Waals surface area contributed by atoms with Crippen LogP contribution >= 0.6 is 11.8 Å². The van der Waals surface area contributed by atoms with Gasteiger partial charge in [0.2, 0.25) is 0 Å². The van der Waals surface area contributed by atoms with Gasteiger partial charge in [0.15, 0.2) is 0 Å². The molecule has 6 aliphatic carbocycles. The van der Waals surface area contributed by atoms with E-state index in [0.717, 1.165) is 63.8 Å². The van der Waals surface area contributed by atoms with E-state index in [0.29, 0.717) is 0 Å². The van der Waals surface area contributed by atoms with Gasteiger partial charge in [-0.3, -0.25) is 0 Å². The van der Waals surface area contributed by atoms with Crippen LogP contribution in [0.1, 0.15) is 95.0 Å². The Morgan fingerprint density at radius 2 is 1.54 bits per heavy atom. The van der Waals surface area contributed by atoms with Crippen LogP contribution in [0.2, 0.25) is 0 Å². The highest BCUT2D eigenvalue weighted by atomic mass is 32.2. The summed E-state index contributed by atoms with van der Waals surface area (Å²) in [5.41, 5.74) is 5.74. The van der Waals surface area contributed by atoms with Gasteiger partial charge in [0.1, 0.15) is 0 Å². The first kappa shape index (κ1) is 25.3. The third kappa shape index (κ3) is 4.40. The SMILES string of the molecule is C1=CC2SC3CC=CC(C4CCC5=C(C6CCCCC6)C6CCCCC6C(c6ccccc6)C5C4)C3C2C=C1. The lowest BCUT2D eigenvalue weighted by Gasteiger charge is -2.54. The van der Waals surface area contributed by atoms with Crippen LogP contribution in [0.25, 0.3) is 0 Å². The second kappa shape index (κ2) is 10.7. The summed E-state index contributed by atoms with van der Waals surface area (Å²) >= 11 is 2.30. The lowest BCUT2D eigenvalue weighted by Crippen LogP contribution is -2.43. The fourth-order valence-electron chi connectivity index (χ4n) is 11.1. The van der Waals surface area contributed by atoms with Crippen molar-refractivity contribution in [2.45, 2.75) is 99.9 Å². The smallest absolute Gasteiger partial charge is 0.0299 e. The third-order valence-corrected chi connectivity index (χ3v) is 14.2. The molecule has 0 amide bonds. The van der Waals surface area contributed by atoms with Crippen LogP contribution in [0, 0.1) is 47.3 Å². The van der Waals surface area contributed by atoms with Gasteiger partial charge in [0, 0.05) is 10.5 Å². The van der Waals surface area contributed by atoms with E-state index in [1.54, 1.807) is 5.56 Å². The normalized spacial score (nSPS) is 43.5. The van der Waals surface area contributed by atoms with Crippen molar-refractivity contribution in [3.63, 3.8) is 0 Å². The molecule has 1 heteroatoms. The van der Waals surface area contributed by atoms with Gasteiger partial charge in [-0.15, -0.1) is 11.8 Å². The minimum Gasteiger partial charge on any atom is -0.150 e. The number of hydrogen-bond acceptors (Lipinski definition) is 1. The zero-order valence-corrected chi connectivity index (χ0v) is 24.6. The van der Waals surface area contributed by atoms with Crippen molar-refractivity contribution in [2.75, 3.05) is 0 Å². The van der Waals surface area contributed by atoms with Crippen LogP contribution in [0.15, 0.2) is 77.9 Å². The molecule has 1 aromatic rings. The lowest BCUT2D eigenvalue weighted by atomic mass is 9.51. The molecule has 0 N–H and O–H groups in total. The quantitative estimate of drug-likeness (QED) is 0.346. The van der Waals surface area contributed by atoms with Gasteiger partial charge >= 0.3 is 0 Å². The molecule has 39 heavy (non-hydrogen) atoms. The maximum atomic E-state index is 2.72. The maximum Gasteiger partial charge on any atom is 0.0299 e. The highest BCUT2D eigenvalue weighted by Gasteiger charge is 2.52.